The summed E-state index contributed by atoms with van der Waals surface area (Å²) in [4.78, 5) is 11.7. The molecule has 0 aromatic carbocycles. The van der Waals surface area contributed by atoms with Crippen molar-refractivity contribution in [3.63, 3.8) is 0 Å². The molecule has 0 aromatic heterocycles. The monoisotopic (exact) mass is 396 g/mol. The minimum atomic E-state index is -0.119. The highest BCUT2D eigenvalue weighted by molar-refractivity contribution is 9.12. The number of hydrogen-bond donors (Lipinski definition) is 0. The van der Waals surface area contributed by atoms with Gasteiger partial charge in [0.1, 0.15) is 6.61 Å². The third-order valence-electron chi connectivity index (χ3n) is 4.03. The lowest BCUT2D eigenvalue weighted by molar-refractivity contribution is -0.153. The standard InChI is InChI=1S/C15H26Br2O2/c1-5-6-10(2)7-11(3)8-15(17)9-19-14(18)12(4)13(15)16/h10-13H,5-9H2,1-4H3/t10-,11-,12?,13?,15?/m1/s1. The SMILES string of the molecule is CCC[C@@H](C)C[C@@H](C)CC1(Br)COC(=O)C(C)C1Br. The van der Waals surface area contributed by atoms with Gasteiger partial charge < -0.3 is 4.74 Å². The number of halogens is 2. The third-order valence-corrected chi connectivity index (χ3v) is 7.36. The van der Waals surface area contributed by atoms with Crippen LogP contribution >= 0.6 is 31.9 Å². The molecule has 112 valence electrons. The number of carbonyl (C=O) groups is 1. The van der Waals surface area contributed by atoms with E-state index in [0.717, 1.165) is 12.3 Å². The van der Waals surface area contributed by atoms with Crippen LogP contribution in [0.2, 0.25) is 0 Å². The van der Waals surface area contributed by atoms with E-state index in [1.165, 1.54) is 19.3 Å². The number of rotatable bonds is 6. The van der Waals surface area contributed by atoms with E-state index in [0.29, 0.717) is 12.5 Å². The Hall–Kier alpha value is 0.430. The van der Waals surface area contributed by atoms with E-state index in [2.05, 4.69) is 52.6 Å². The van der Waals surface area contributed by atoms with Crippen molar-refractivity contribution >= 4 is 37.8 Å². The van der Waals surface area contributed by atoms with Crippen LogP contribution in [0.15, 0.2) is 0 Å². The van der Waals surface area contributed by atoms with E-state index in [-0.39, 0.29) is 21.0 Å². The maximum Gasteiger partial charge on any atom is 0.309 e. The molecule has 0 spiro atoms. The minimum Gasteiger partial charge on any atom is -0.464 e. The second kappa shape index (κ2) is 7.44. The number of alkyl halides is 2. The van der Waals surface area contributed by atoms with Gasteiger partial charge in [-0.1, -0.05) is 72.4 Å². The largest absolute Gasteiger partial charge is 0.464 e. The molecule has 1 aliphatic heterocycles. The fourth-order valence-electron chi connectivity index (χ4n) is 3.10. The molecule has 0 radical (unpaired) electrons. The second-order valence-electron chi connectivity index (χ2n) is 6.27. The van der Waals surface area contributed by atoms with Gasteiger partial charge in [0.15, 0.2) is 0 Å². The molecule has 1 rings (SSSR count). The summed E-state index contributed by atoms with van der Waals surface area (Å²) in [6, 6.07) is 0. The Morgan fingerprint density at radius 3 is 2.63 bits per heavy atom. The van der Waals surface area contributed by atoms with Crippen molar-refractivity contribution in [2.45, 2.75) is 62.5 Å². The van der Waals surface area contributed by atoms with Crippen molar-refractivity contribution in [1.29, 1.82) is 0 Å². The lowest BCUT2D eigenvalue weighted by Gasteiger charge is -2.40. The average molecular weight is 398 g/mol. The van der Waals surface area contributed by atoms with Gasteiger partial charge in [-0.15, -0.1) is 0 Å². The molecule has 1 aliphatic rings. The normalized spacial score (nSPS) is 34.7. The van der Waals surface area contributed by atoms with E-state index in [4.69, 9.17) is 4.74 Å². The zero-order chi connectivity index (χ0) is 14.6. The van der Waals surface area contributed by atoms with Gasteiger partial charge in [0.2, 0.25) is 0 Å². The summed E-state index contributed by atoms with van der Waals surface area (Å²) in [5.74, 6) is 1.22. The Bertz CT molecular complexity index is 309. The predicted octanol–water partition coefficient (Wildman–Crippen LogP) is 4.93. The van der Waals surface area contributed by atoms with Crippen LogP contribution in [0.5, 0.6) is 0 Å². The molecule has 1 fully saturated rings. The van der Waals surface area contributed by atoms with Gasteiger partial charge in [-0.05, 0) is 24.7 Å². The summed E-state index contributed by atoms with van der Waals surface area (Å²) in [5.41, 5.74) is 0. The molecule has 0 bridgehead atoms. The fourth-order valence-corrected chi connectivity index (χ4v) is 4.70. The molecule has 0 aliphatic carbocycles. The van der Waals surface area contributed by atoms with Gasteiger partial charge in [0.05, 0.1) is 10.2 Å². The zero-order valence-electron chi connectivity index (χ0n) is 12.4. The molecule has 2 nitrogen and oxygen atoms in total. The Morgan fingerprint density at radius 1 is 1.42 bits per heavy atom. The van der Waals surface area contributed by atoms with Crippen molar-refractivity contribution in [2.75, 3.05) is 6.61 Å². The first-order chi connectivity index (χ1) is 8.80. The minimum absolute atomic E-state index is 0.0895. The number of carbonyl (C=O) groups excluding carboxylic acids is 1. The third kappa shape index (κ3) is 4.73. The van der Waals surface area contributed by atoms with Crippen LogP contribution in [0.4, 0.5) is 0 Å². The molecule has 19 heavy (non-hydrogen) atoms. The van der Waals surface area contributed by atoms with Crippen LogP contribution in [0.3, 0.4) is 0 Å². The summed E-state index contributed by atoms with van der Waals surface area (Å²) in [6.45, 7) is 9.27. The number of esters is 1. The number of ether oxygens (including phenoxy) is 1. The quantitative estimate of drug-likeness (QED) is 0.469. The van der Waals surface area contributed by atoms with Crippen LogP contribution in [0.25, 0.3) is 0 Å². The second-order valence-corrected chi connectivity index (χ2v) is 8.84. The molecule has 0 amide bonds. The lowest BCUT2D eigenvalue weighted by Crippen LogP contribution is -2.50. The summed E-state index contributed by atoms with van der Waals surface area (Å²) >= 11 is 7.53. The van der Waals surface area contributed by atoms with E-state index in [1.807, 2.05) is 6.92 Å². The first kappa shape index (κ1) is 17.5. The maximum absolute atomic E-state index is 11.6. The van der Waals surface area contributed by atoms with Crippen LogP contribution in [-0.2, 0) is 9.53 Å². The fraction of sp³-hybridized carbons (Fsp3) is 0.933. The summed E-state index contributed by atoms with van der Waals surface area (Å²) < 4.78 is 5.19. The van der Waals surface area contributed by atoms with E-state index < -0.39 is 0 Å². The molecule has 1 saturated heterocycles. The molecule has 0 saturated carbocycles. The predicted molar refractivity (Wildman–Crippen MR) is 87.0 cm³/mol. The van der Waals surface area contributed by atoms with Gasteiger partial charge in [-0.3, -0.25) is 4.79 Å². The Labute approximate surface area is 134 Å². The van der Waals surface area contributed by atoms with Gasteiger partial charge in [0, 0.05) is 4.83 Å². The summed E-state index contributed by atoms with van der Waals surface area (Å²) in [7, 11) is 0. The molecule has 0 aromatic rings. The van der Waals surface area contributed by atoms with Crippen LogP contribution < -0.4 is 0 Å². The molecule has 1 heterocycles. The topological polar surface area (TPSA) is 26.3 Å². The van der Waals surface area contributed by atoms with E-state index in [9.17, 15) is 4.79 Å². The first-order valence-electron chi connectivity index (χ1n) is 7.29. The summed E-state index contributed by atoms with van der Waals surface area (Å²) in [5, 5.41) is 0. The summed E-state index contributed by atoms with van der Waals surface area (Å²) in [6.07, 6.45) is 4.82. The van der Waals surface area contributed by atoms with Crippen molar-refractivity contribution in [1.82, 2.24) is 0 Å². The van der Waals surface area contributed by atoms with Crippen LogP contribution in [0.1, 0.15) is 53.4 Å². The lowest BCUT2D eigenvalue weighted by atomic mass is 9.83. The van der Waals surface area contributed by atoms with Gasteiger partial charge in [-0.25, -0.2) is 0 Å². The maximum atomic E-state index is 11.6. The molecule has 5 atom stereocenters. The first-order valence-corrected chi connectivity index (χ1v) is 9.00. The van der Waals surface area contributed by atoms with Crippen molar-refractivity contribution < 1.29 is 9.53 Å². The molecule has 0 N–H and O–H groups in total. The highest BCUT2D eigenvalue weighted by Crippen LogP contribution is 2.43. The molecule has 3 unspecified atom stereocenters. The smallest absolute Gasteiger partial charge is 0.309 e. The number of cyclic esters (lactones) is 1. The Kier molecular flexibility index (Phi) is 6.85. The highest BCUT2D eigenvalue weighted by Gasteiger charge is 2.46. The van der Waals surface area contributed by atoms with Crippen molar-refractivity contribution in [3.8, 4) is 0 Å². The van der Waals surface area contributed by atoms with Gasteiger partial charge in [-0.2, -0.15) is 0 Å². The molecular weight excluding hydrogens is 372 g/mol. The molecule has 4 heteroatoms. The van der Waals surface area contributed by atoms with Crippen molar-refractivity contribution in [2.24, 2.45) is 17.8 Å². The van der Waals surface area contributed by atoms with Crippen LogP contribution in [-0.4, -0.2) is 21.7 Å². The Balaban J connectivity index is 2.56. The van der Waals surface area contributed by atoms with Crippen LogP contribution in [0, 0.1) is 17.8 Å². The zero-order valence-corrected chi connectivity index (χ0v) is 15.6. The van der Waals surface area contributed by atoms with Gasteiger partial charge >= 0.3 is 5.97 Å². The highest BCUT2D eigenvalue weighted by atomic mass is 79.9. The Morgan fingerprint density at radius 2 is 2.05 bits per heavy atom. The van der Waals surface area contributed by atoms with Crippen molar-refractivity contribution in [3.05, 3.63) is 0 Å². The molecular formula is C15H26Br2O2. The van der Waals surface area contributed by atoms with E-state index >= 15 is 0 Å². The number of hydrogen-bond acceptors (Lipinski definition) is 2. The van der Waals surface area contributed by atoms with E-state index in [1.54, 1.807) is 0 Å². The average Bonchev–Trinajstić information content (AvgIpc) is 2.32. The van der Waals surface area contributed by atoms with Gasteiger partial charge in [0.25, 0.3) is 0 Å².